The first-order chi connectivity index (χ1) is 9.10. The van der Waals surface area contributed by atoms with Crippen molar-refractivity contribution in [3.63, 3.8) is 0 Å². The van der Waals surface area contributed by atoms with Crippen molar-refractivity contribution in [1.29, 1.82) is 0 Å². The van der Waals surface area contributed by atoms with Crippen LogP contribution in [-0.2, 0) is 0 Å². The summed E-state index contributed by atoms with van der Waals surface area (Å²) in [7, 11) is 1.37. The molecule has 0 fully saturated rings. The Morgan fingerprint density at radius 3 is 2.74 bits per heavy atom. The fourth-order valence-corrected chi connectivity index (χ4v) is 1.77. The van der Waals surface area contributed by atoms with Gasteiger partial charge in [-0.05, 0) is 34.1 Å². The first kappa shape index (κ1) is 13.3. The summed E-state index contributed by atoms with van der Waals surface area (Å²) in [5.41, 5.74) is -0.157. The van der Waals surface area contributed by atoms with Crippen LogP contribution in [-0.4, -0.2) is 17.0 Å². The van der Waals surface area contributed by atoms with Gasteiger partial charge in [-0.2, -0.15) is 0 Å². The molecule has 6 nitrogen and oxygen atoms in total. The summed E-state index contributed by atoms with van der Waals surface area (Å²) in [4.78, 5) is 14.4. The fraction of sp³-hybridized carbons (Fsp3) is 0.0833. The molecule has 2 rings (SSSR count). The Morgan fingerprint density at radius 2 is 2.11 bits per heavy atom. The summed E-state index contributed by atoms with van der Waals surface area (Å²) >= 11 is 3.22. The van der Waals surface area contributed by atoms with E-state index in [9.17, 15) is 10.1 Å². The number of methoxy groups -OCH3 is 1. The molecule has 1 aromatic heterocycles. The SMILES string of the molecule is COc1ccc(Oc2cccc(Br)n2)cc1[N+](=O)[O-]. The van der Waals surface area contributed by atoms with Gasteiger partial charge in [0.05, 0.1) is 18.1 Å². The van der Waals surface area contributed by atoms with Gasteiger partial charge in [0.1, 0.15) is 10.4 Å². The molecule has 0 atom stereocenters. The van der Waals surface area contributed by atoms with E-state index in [1.54, 1.807) is 24.3 Å². The van der Waals surface area contributed by atoms with Crippen LogP contribution in [0.15, 0.2) is 41.0 Å². The van der Waals surface area contributed by atoms with Gasteiger partial charge in [-0.1, -0.05) is 6.07 Å². The van der Waals surface area contributed by atoms with Crippen molar-refractivity contribution in [2.45, 2.75) is 0 Å². The van der Waals surface area contributed by atoms with Crippen LogP contribution in [0.5, 0.6) is 17.4 Å². The van der Waals surface area contributed by atoms with Crippen molar-refractivity contribution in [2.75, 3.05) is 7.11 Å². The number of benzene rings is 1. The van der Waals surface area contributed by atoms with Gasteiger partial charge in [-0.25, -0.2) is 4.98 Å². The molecule has 0 aliphatic carbocycles. The van der Waals surface area contributed by atoms with Crippen molar-refractivity contribution in [3.05, 3.63) is 51.1 Å². The maximum absolute atomic E-state index is 10.9. The number of hydrogen-bond acceptors (Lipinski definition) is 5. The van der Waals surface area contributed by atoms with Gasteiger partial charge in [0.25, 0.3) is 0 Å². The Morgan fingerprint density at radius 1 is 1.32 bits per heavy atom. The Bertz CT molecular complexity index is 618. The number of nitro groups is 1. The molecule has 0 unspecified atom stereocenters. The van der Waals surface area contributed by atoms with Crippen LogP contribution in [0.3, 0.4) is 0 Å². The van der Waals surface area contributed by atoms with Crippen LogP contribution in [0.25, 0.3) is 0 Å². The predicted octanol–water partition coefficient (Wildman–Crippen LogP) is 3.55. The first-order valence-corrected chi connectivity index (χ1v) is 6.02. The minimum Gasteiger partial charge on any atom is -0.490 e. The normalized spacial score (nSPS) is 10.0. The van der Waals surface area contributed by atoms with E-state index in [0.717, 1.165) is 0 Å². The lowest BCUT2D eigenvalue weighted by Crippen LogP contribution is -1.95. The number of nitro benzene ring substituents is 1. The molecule has 7 heteroatoms. The first-order valence-electron chi connectivity index (χ1n) is 5.23. The number of halogens is 1. The minimum absolute atomic E-state index is 0.157. The van der Waals surface area contributed by atoms with Gasteiger partial charge in [-0.15, -0.1) is 0 Å². The zero-order valence-electron chi connectivity index (χ0n) is 9.87. The van der Waals surface area contributed by atoms with Crippen molar-refractivity contribution < 1.29 is 14.4 Å². The highest BCUT2D eigenvalue weighted by molar-refractivity contribution is 9.10. The molecule has 0 saturated heterocycles. The van der Waals surface area contributed by atoms with Gasteiger partial charge < -0.3 is 9.47 Å². The van der Waals surface area contributed by atoms with Crippen LogP contribution in [0.4, 0.5) is 5.69 Å². The predicted molar refractivity (Wildman–Crippen MR) is 71.7 cm³/mol. The third kappa shape index (κ3) is 3.19. The number of nitrogens with zero attached hydrogens (tertiary/aromatic N) is 2. The summed E-state index contributed by atoms with van der Waals surface area (Å²) in [5.74, 6) is 0.839. The number of pyridine rings is 1. The van der Waals surface area contributed by atoms with Crippen LogP contribution in [0, 0.1) is 10.1 Å². The second kappa shape index (κ2) is 5.66. The topological polar surface area (TPSA) is 74.5 Å². The number of ether oxygens (including phenoxy) is 2. The Balaban J connectivity index is 2.31. The fourth-order valence-electron chi connectivity index (χ4n) is 1.44. The summed E-state index contributed by atoms with van der Waals surface area (Å²) < 4.78 is 11.0. The lowest BCUT2D eigenvalue weighted by atomic mass is 10.3. The highest BCUT2D eigenvalue weighted by atomic mass is 79.9. The molecular weight excluding hydrogens is 316 g/mol. The number of rotatable bonds is 4. The third-order valence-electron chi connectivity index (χ3n) is 2.26. The van der Waals surface area contributed by atoms with Gasteiger partial charge in [0.2, 0.25) is 5.88 Å². The summed E-state index contributed by atoms with van der Waals surface area (Å²) in [6, 6.07) is 9.51. The molecule has 2 aromatic rings. The molecule has 1 heterocycles. The largest absolute Gasteiger partial charge is 0.490 e. The van der Waals surface area contributed by atoms with E-state index in [0.29, 0.717) is 16.2 Å². The van der Waals surface area contributed by atoms with E-state index in [1.165, 1.54) is 19.2 Å². The Hall–Kier alpha value is -2.15. The third-order valence-corrected chi connectivity index (χ3v) is 2.70. The highest BCUT2D eigenvalue weighted by Crippen LogP contribution is 2.32. The van der Waals surface area contributed by atoms with Crippen molar-refractivity contribution in [1.82, 2.24) is 4.98 Å². The lowest BCUT2D eigenvalue weighted by molar-refractivity contribution is -0.385. The van der Waals surface area contributed by atoms with E-state index in [4.69, 9.17) is 9.47 Å². The van der Waals surface area contributed by atoms with Crippen molar-refractivity contribution in [3.8, 4) is 17.4 Å². The molecule has 19 heavy (non-hydrogen) atoms. The molecule has 0 spiro atoms. The number of aromatic nitrogens is 1. The van der Waals surface area contributed by atoms with Gasteiger partial charge in [0, 0.05) is 6.07 Å². The van der Waals surface area contributed by atoms with Gasteiger partial charge >= 0.3 is 5.69 Å². The molecule has 1 aromatic carbocycles. The summed E-state index contributed by atoms with van der Waals surface area (Å²) in [6.45, 7) is 0. The lowest BCUT2D eigenvalue weighted by Gasteiger charge is -2.06. The monoisotopic (exact) mass is 324 g/mol. The zero-order valence-corrected chi connectivity index (χ0v) is 11.5. The molecule has 0 radical (unpaired) electrons. The Kier molecular flexibility index (Phi) is 3.96. The molecule has 0 aliphatic rings. The van der Waals surface area contributed by atoms with E-state index in [-0.39, 0.29) is 11.4 Å². The minimum atomic E-state index is -0.528. The molecule has 0 amide bonds. The van der Waals surface area contributed by atoms with E-state index in [2.05, 4.69) is 20.9 Å². The van der Waals surface area contributed by atoms with Crippen LogP contribution < -0.4 is 9.47 Å². The van der Waals surface area contributed by atoms with Crippen LogP contribution in [0.1, 0.15) is 0 Å². The second-order valence-electron chi connectivity index (χ2n) is 3.49. The summed E-state index contributed by atoms with van der Waals surface area (Å²) in [6.07, 6.45) is 0. The molecule has 98 valence electrons. The summed E-state index contributed by atoms with van der Waals surface area (Å²) in [5, 5.41) is 10.9. The maximum Gasteiger partial charge on any atom is 0.314 e. The number of hydrogen-bond donors (Lipinski definition) is 0. The average molecular weight is 325 g/mol. The second-order valence-corrected chi connectivity index (χ2v) is 4.30. The van der Waals surface area contributed by atoms with E-state index in [1.807, 2.05) is 0 Å². The average Bonchev–Trinajstić information content (AvgIpc) is 2.38. The molecule has 0 bridgehead atoms. The van der Waals surface area contributed by atoms with Crippen molar-refractivity contribution in [2.24, 2.45) is 0 Å². The van der Waals surface area contributed by atoms with Gasteiger partial charge in [-0.3, -0.25) is 10.1 Å². The Labute approximate surface area is 117 Å². The smallest absolute Gasteiger partial charge is 0.314 e. The van der Waals surface area contributed by atoms with Crippen molar-refractivity contribution >= 4 is 21.6 Å². The van der Waals surface area contributed by atoms with E-state index < -0.39 is 4.92 Å². The van der Waals surface area contributed by atoms with Crippen LogP contribution >= 0.6 is 15.9 Å². The standard InChI is InChI=1S/C12H9BrN2O4/c1-18-10-6-5-8(7-9(10)15(16)17)19-12-4-2-3-11(13)14-12/h2-7H,1H3. The molecule has 0 aliphatic heterocycles. The maximum atomic E-state index is 10.9. The quantitative estimate of drug-likeness (QED) is 0.488. The zero-order chi connectivity index (χ0) is 13.8. The molecule has 0 N–H and O–H groups in total. The molecule has 0 saturated carbocycles. The van der Waals surface area contributed by atoms with Gasteiger partial charge in [0.15, 0.2) is 5.75 Å². The van der Waals surface area contributed by atoms with E-state index >= 15 is 0 Å². The highest BCUT2D eigenvalue weighted by Gasteiger charge is 2.16. The molecular formula is C12H9BrN2O4. The van der Waals surface area contributed by atoms with Crippen LogP contribution in [0.2, 0.25) is 0 Å².